The molecule has 1 aromatic rings. The smallest absolute Gasteiger partial charge is 0.410 e. The Bertz CT molecular complexity index is 551. The summed E-state index contributed by atoms with van der Waals surface area (Å²) in [4.78, 5) is 22.2. The Hall–Kier alpha value is -1.89. The lowest BCUT2D eigenvalue weighted by molar-refractivity contribution is 0.0164. The van der Waals surface area contributed by atoms with Crippen molar-refractivity contribution >= 4 is 6.09 Å². The summed E-state index contributed by atoms with van der Waals surface area (Å²) in [7, 11) is 1.58. The zero-order chi connectivity index (χ0) is 18.3. The van der Waals surface area contributed by atoms with Crippen LogP contribution in [0, 0.1) is 5.92 Å². The molecule has 0 N–H and O–H groups in total. The molecule has 0 atom stereocenters. The van der Waals surface area contributed by atoms with Gasteiger partial charge in [-0.2, -0.15) is 0 Å². The first-order valence-electron chi connectivity index (χ1n) is 8.78. The molecule has 7 nitrogen and oxygen atoms in total. The maximum absolute atomic E-state index is 12.1. The van der Waals surface area contributed by atoms with Crippen LogP contribution in [-0.4, -0.2) is 53.4 Å². The monoisotopic (exact) mass is 351 g/mol. The van der Waals surface area contributed by atoms with Crippen molar-refractivity contribution in [1.29, 1.82) is 0 Å². The zero-order valence-corrected chi connectivity index (χ0v) is 15.7. The molecule has 2 heterocycles. The van der Waals surface area contributed by atoms with E-state index in [1.807, 2.05) is 20.8 Å². The highest BCUT2D eigenvalue weighted by Crippen LogP contribution is 2.22. The molecular formula is C18H29N3O4. The molecule has 1 amide bonds. The number of nitrogens with zero attached hydrogens (tertiary/aromatic N) is 3. The van der Waals surface area contributed by atoms with Crippen LogP contribution in [0.2, 0.25) is 0 Å². The van der Waals surface area contributed by atoms with Gasteiger partial charge in [0.2, 0.25) is 5.88 Å². The number of hydrogen-bond acceptors (Lipinski definition) is 6. The average Bonchev–Trinajstić information content (AvgIpc) is 2.58. The Labute approximate surface area is 149 Å². The highest BCUT2D eigenvalue weighted by atomic mass is 16.6. The van der Waals surface area contributed by atoms with E-state index in [9.17, 15) is 4.79 Å². The highest BCUT2D eigenvalue weighted by molar-refractivity contribution is 5.68. The van der Waals surface area contributed by atoms with Crippen LogP contribution < -0.4 is 4.74 Å². The number of carbonyl (C=O) groups excluding carboxylic acids is 1. The molecule has 1 saturated heterocycles. The number of aromatic nitrogens is 2. The first kappa shape index (κ1) is 19.4. The summed E-state index contributed by atoms with van der Waals surface area (Å²) in [5.41, 5.74) is 0.271. The van der Waals surface area contributed by atoms with E-state index >= 15 is 0 Å². The Morgan fingerprint density at radius 1 is 1.24 bits per heavy atom. The van der Waals surface area contributed by atoms with Gasteiger partial charge in [-0.25, -0.2) is 9.78 Å². The third-order valence-corrected chi connectivity index (χ3v) is 4.10. The van der Waals surface area contributed by atoms with Gasteiger partial charge in [0.05, 0.1) is 13.7 Å². The van der Waals surface area contributed by atoms with Crippen molar-refractivity contribution in [2.75, 3.05) is 26.8 Å². The van der Waals surface area contributed by atoms with Gasteiger partial charge in [0, 0.05) is 32.1 Å². The van der Waals surface area contributed by atoms with Crippen LogP contribution in [-0.2, 0) is 16.1 Å². The van der Waals surface area contributed by atoms with Gasteiger partial charge < -0.3 is 19.1 Å². The molecule has 7 heteroatoms. The number of ether oxygens (including phenoxy) is 3. The van der Waals surface area contributed by atoms with Crippen LogP contribution in [0.1, 0.15) is 45.7 Å². The van der Waals surface area contributed by atoms with Gasteiger partial charge in [-0.15, -0.1) is 0 Å². The fourth-order valence-electron chi connectivity index (χ4n) is 2.77. The number of methoxy groups -OCH3 is 1. The lowest BCUT2D eigenvalue weighted by atomic mass is 9.94. The number of likely N-dealkylation sites (tertiary alicyclic amines) is 1. The molecule has 0 aromatic carbocycles. The summed E-state index contributed by atoms with van der Waals surface area (Å²) in [6.07, 6.45) is 5.96. The van der Waals surface area contributed by atoms with Crippen molar-refractivity contribution in [2.45, 2.75) is 52.2 Å². The lowest BCUT2D eigenvalue weighted by Crippen LogP contribution is -2.41. The molecule has 1 aliphatic rings. The number of hydrogen-bond donors (Lipinski definition) is 0. The molecule has 0 saturated carbocycles. The second-order valence-electron chi connectivity index (χ2n) is 7.26. The topological polar surface area (TPSA) is 73.8 Å². The summed E-state index contributed by atoms with van der Waals surface area (Å²) in [6.45, 7) is 8.23. The Morgan fingerprint density at radius 2 is 1.92 bits per heavy atom. The molecule has 1 fully saturated rings. The third-order valence-electron chi connectivity index (χ3n) is 4.10. The van der Waals surface area contributed by atoms with E-state index in [1.54, 1.807) is 24.4 Å². The van der Waals surface area contributed by atoms with Gasteiger partial charge in [0.15, 0.2) is 0 Å². The predicted molar refractivity (Wildman–Crippen MR) is 93.4 cm³/mol. The number of amides is 1. The second-order valence-corrected chi connectivity index (χ2v) is 7.26. The standard InChI is InChI=1S/C18H29N3O4/c1-18(2,3)25-17(22)21-10-5-14(6-11-21)7-12-24-13-15-16(23-4)20-9-8-19-15/h8-9,14H,5-7,10-13H2,1-4H3. The Kier molecular flexibility index (Phi) is 6.99. The molecule has 0 spiro atoms. The fraction of sp³-hybridized carbons (Fsp3) is 0.722. The van der Waals surface area contributed by atoms with E-state index in [-0.39, 0.29) is 6.09 Å². The molecule has 25 heavy (non-hydrogen) atoms. The summed E-state index contributed by atoms with van der Waals surface area (Å²) < 4.78 is 16.3. The first-order chi connectivity index (χ1) is 11.9. The lowest BCUT2D eigenvalue weighted by Gasteiger charge is -2.33. The van der Waals surface area contributed by atoms with Crippen molar-refractivity contribution < 1.29 is 19.0 Å². The minimum atomic E-state index is -0.441. The summed E-state index contributed by atoms with van der Waals surface area (Å²) >= 11 is 0. The molecule has 0 aliphatic carbocycles. The van der Waals surface area contributed by atoms with Crippen molar-refractivity contribution in [3.63, 3.8) is 0 Å². The van der Waals surface area contributed by atoms with Gasteiger partial charge in [-0.1, -0.05) is 0 Å². The Balaban J connectivity index is 1.65. The van der Waals surface area contributed by atoms with Crippen LogP contribution in [0.5, 0.6) is 5.88 Å². The van der Waals surface area contributed by atoms with E-state index in [0.717, 1.165) is 32.4 Å². The van der Waals surface area contributed by atoms with E-state index in [1.165, 1.54) is 0 Å². The highest BCUT2D eigenvalue weighted by Gasteiger charge is 2.26. The Morgan fingerprint density at radius 3 is 2.56 bits per heavy atom. The second kappa shape index (κ2) is 8.99. The average molecular weight is 351 g/mol. The van der Waals surface area contributed by atoms with E-state index in [0.29, 0.717) is 30.7 Å². The first-order valence-corrected chi connectivity index (χ1v) is 8.78. The number of carbonyl (C=O) groups is 1. The molecule has 0 bridgehead atoms. The largest absolute Gasteiger partial charge is 0.480 e. The maximum Gasteiger partial charge on any atom is 0.410 e. The molecule has 2 rings (SSSR count). The van der Waals surface area contributed by atoms with Gasteiger partial charge in [0.25, 0.3) is 0 Å². The number of piperidine rings is 1. The molecular weight excluding hydrogens is 322 g/mol. The van der Waals surface area contributed by atoms with Crippen molar-refractivity contribution in [2.24, 2.45) is 5.92 Å². The minimum Gasteiger partial charge on any atom is -0.480 e. The van der Waals surface area contributed by atoms with E-state index in [4.69, 9.17) is 14.2 Å². The van der Waals surface area contributed by atoms with Crippen LogP contribution in [0.3, 0.4) is 0 Å². The van der Waals surface area contributed by atoms with Gasteiger partial charge >= 0.3 is 6.09 Å². The van der Waals surface area contributed by atoms with Crippen molar-refractivity contribution in [3.8, 4) is 5.88 Å². The fourth-order valence-corrected chi connectivity index (χ4v) is 2.77. The van der Waals surface area contributed by atoms with Crippen LogP contribution in [0.25, 0.3) is 0 Å². The molecule has 1 aliphatic heterocycles. The van der Waals surface area contributed by atoms with Crippen molar-refractivity contribution in [3.05, 3.63) is 18.1 Å². The van der Waals surface area contributed by atoms with Gasteiger partial charge in [-0.3, -0.25) is 4.98 Å². The van der Waals surface area contributed by atoms with Gasteiger partial charge in [-0.05, 0) is 46.0 Å². The molecule has 0 radical (unpaired) electrons. The third kappa shape index (κ3) is 6.49. The SMILES string of the molecule is COc1nccnc1COCCC1CCN(C(=O)OC(C)(C)C)CC1. The normalized spacial score (nSPS) is 15.9. The van der Waals surface area contributed by atoms with Gasteiger partial charge in [0.1, 0.15) is 11.3 Å². The van der Waals surface area contributed by atoms with E-state index < -0.39 is 5.60 Å². The molecule has 1 aromatic heterocycles. The van der Waals surface area contributed by atoms with Crippen LogP contribution in [0.15, 0.2) is 12.4 Å². The summed E-state index contributed by atoms with van der Waals surface area (Å²) in [5, 5.41) is 0. The van der Waals surface area contributed by atoms with E-state index in [2.05, 4.69) is 9.97 Å². The predicted octanol–water partition coefficient (Wildman–Crippen LogP) is 3.04. The number of rotatable bonds is 6. The summed E-state index contributed by atoms with van der Waals surface area (Å²) in [5.74, 6) is 1.08. The van der Waals surface area contributed by atoms with Crippen LogP contribution >= 0.6 is 0 Å². The maximum atomic E-state index is 12.1. The summed E-state index contributed by atoms with van der Waals surface area (Å²) in [6, 6.07) is 0. The van der Waals surface area contributed by atoms with Crippen LogP contribution in [0.4, 0.5) is 4.79 Å². The van der Waals surface area contributed by atoms with Crippen molar-refractivity contribution in [1.82, 2.24) is 14.9 Å². The zero-order valence-electron chi connectivity index (χ0n) is 15.7. The molecule has 0 unspecified atom stereocenters. The molecule has 140 valence electrons. The minimum absolute atomic E-state index is 0.211. The quantitative estimate of drug-likeness (QED) is 0.734.